The summed E-state index contributed by atoms with van der Waals surface area (Å²) < 4.78 is 5.57. The molecule has 0 spiro atoms. The minimum absolute atomic E-state index is 0.0394. The molecule has 2 aromatic heterocycles. The number of ether oxygens (including phenoxy) is 1. The molecule has 0 radical (unpaired) electrons. The highest BCUT2D eigenvalue weighted by atomic mass is 32.1. The van der Waals surface area contributed by atoms with E-state index in [1.54, 1.807) is 35.6 Å². The molecule has 0 aliphatic rings. The number of thiophene rings is 1. The van der Waals surface area contributed by atoms with E-state index in [-0.39, 0.29) is 24.2 Å². The van der Waals surface area contributed by atoms with E-state index >= 15 is 0 Å². The molecule has 6 heteroatoms. The van der Waals surface area contributed by atoms with Gasteiger partial charge in [0, 0.05) is 40.0 Å². The summed E-state index contributed by atoms with van der Waals surface area (Å²) in [4.78, 5) is 28.4. The predicted octanol–water partition coefficient (Wildman–Crippen LogP) is 4.76. The van der Waals surface area contributed by atoms with Crippen LogP contribution in [0.5, 0.6) is 5.75 Å². The first-order valence-corrected chi connectivity index (χ1v) is 10.6. The third kappa shape index (κ3) is 4.44. The molecular weight excluding hydrogens is 396 g/mol. The Labute approximate surface area is 178 Å². The molecule has 0 bridgehead atoms. The maximum Gasteiger partial charge on any atom is 0.257 e. The number of carbonyl (C=O) groups excluding carboxylic acids is 2. The monoisotopic (exact) mass is 418 g/mol. The number of nitrogens with one attached hydrogen (secondary N) is 2. The Balaban J connectivity index is 1.44. The second kappa shape index (κ2) is 8.97. The number of aromatic amines is 1. The number of para-hydroxylation sites is 1. The molecule has 0 saturated heterocycles. The molecule has 5 nitrogen and oxygen atoms in total. The first-order valence-electron chi connectivity index (χ1n) is 9.71. The summed E-state index contributed by atoms with van der Waals surface area (Å²) in [5.74, 6) is 0.308. The summed E-state index contributed by atoms with van der Waals surface area (Å²) in [5, 5.41) is 6.19. The van der Waals surface area contributed by atoms with Gasteiger partial charge >= 0.3 is 0 Å². The van der Waals surface area contributed by atoms with Gasteiger partial charge in [-0.15, -0.1) is 11.3 Å². The standard InChI is InChI=1S/C24H22N2O3S/c1-16(27)17-6-4-7-18(12-17)29-15-24(28)26-14-21(23-10-5-11-30-23)20-13-25-22-9-3-2-8-19(20)22/h2-13,21,25H,14-15H2,1H3,(H,26,28)/t21-/m1/s1. The molecule has 2 heterocycles. The van der Waals surface area contributed by atoms with Gasteiger partial charge in [-0.25, -0.2) is 0 Å². The first kappa shape index (κ1) is 19.9. The van der Waals surface area contributed by atoms with Crippen LogP contribution >= 0.6 is 11.3 Å². The second-order valence-corrected chi connectivity index (χ2v) is 8.01. The van der Waals surface area contributed by atoms with Gasteiger partial charge in [0.15, 0.2) is 12.4 Å². The Kier molecular flexibility index (Phi) is 5.95. The molecule has 0 fully saturated rings. The first-order chi connectivity index (χ1) is 14.6. The quantitative estimate of drug-likeness (QED) is 0.405. The summed E-state index contributed by atoms with van der Waals surface area (Å²) in [6.07, 6.45) is 2.02. The van der Waals surface area contributed by atoms with Gasteiger partial charge in [0.25, 0.3) is 5.91 Å². The SMILES string of the molecule is CC(=O)c1cccc(OCC(=O)NC[C@@H](c2cccs2)c2c[nH]c3ccccc23)c1. The third-order valence-electron chi connectivity index (χ3n) is 5.00. The van der Waals surface area contributed by atoms with Crippen LogP contribution in [0.3, 0.4) is 0 Å². The van der Waals surface area contributed by atoms with Crippen molar-refractivity contribution in [1.82, 2.24) is 10.3 Å². The van der Waals surface area contributed by atoms with E-state index in [1.807, 2.05) is 35.8 Å². The van der Waals surface area contributed by atoms with Crippen LogP contribution < -0.4 is 10.1 Å². The van der Waals surface area contributed by atoms with Crippen molar-refractivity contribution in [2.45, 2.75) is 12.8 Å². The van der Waals surface area contributed by atoms with E-state index in [0.717, 1.165) is 16.5 Å². The average molecular weight is 419 g/mol. The van der Waals surface area contributed by atoms with Crippen molar-refractivity contribution in [3.05, 3.63) is 88.2 Å². The van der Waals surface area contributed by atoms with Crippen LogP contribution in [0.4, 0.5) is 0 Å². The highest BCUT2D eigenvalue weighted by Gasteiger charge is 2.20. The van der Waals surface area contributed by atoms with Crippen LogP contribution in [-0.4, -0.2) is 29.8 Å². The van der Waals surface area contributed by atoms with Gasteiger partial charge in [-0.05, 0) is 42.1 Å². The topological polar surface area (TPSA) is 71.2 Å². The fourth-order valence-corrected chi connectivity index (χ4v) is 4.30. The molecule has 0 saturated carbocycles. The lowest BCUT2D eigenvalue weighted by Crippen LogP contribution is -2.32. The molecule has 2 N–H and O–H groups in total. The Morgan fingerprint density at radius 1 is 1.10 bits per heavy atom. The molecule has 4 aromatic rings. The fourth-order valence-electron chi connectivity index (χ4n) is 3.46. The molecule has 152 valence electrons. The smallest absolute Gasteiger partial charge is 0.257 e. The van der Waals surface area contributed by atoms with Gasteiger partial charge in [-0.2, -0.15) is 0 Å². The van der Waals surface area contributed by atoms with Crippen molar-refractivity contribution in [2.24, 2.45) is 0 Å². The van der Waals surface area contributed by atoms with Crippen LogP contribution in [0, 0.1) is 0 Å². The van der Waals surface area contributed by atoms with E-state index in [0.29, 0.717) is 17.9 Å². The van der Waals surface area contributed by atoms with Gasteiger partial charge in [-0.3, -0.25) is 9.59 Å². The van der Waals surface area contributed by atoms with E-state index < -0.39 is 0 Å². The Morgan fingerprint density at radius 2 is 1.97 bits per heavy atom. The minimum atomic E-state index is -0.204. The third-order valence-corrected chi connectivity index (χ3v) is 5.98. The largest absolute Gasteiger partial charge is 0.484 e. The summed E-state index contributed by atoms with van der Waals surface area (Å²) in [5.41, 5.74) is 2.79. The van der Waals surface area contributed by atoms with E-state index in [4.69, 9.17) is 4.74 Å². The number of carbonyl (C=O) groups is 2. The zero-order valence-electron chi connectivity index (χ0n) is 16.6. The Hall–Kier alpha value is -3.38. The normalized spacial score (nSPS) is 11.9. The summed E-state index contributed by atoms with van der Waals surface area (Å²) >= 11 is 1.68. The van der Waals surface area contributed by atoms with Crippen molar-refractivity contribution >= 4 is 33.9 Å². The number of Topliss-reactive ketones (excluding diaryl/α,β-unsaturated/α-hetero) is 1. The van der Waals surface area contributed by atoms with Crippen molar-refractivity contribution in [3.8, 4) is 5.75 Å². The Morgan fingerprint density at radius 3 is 2.77 bits per heavy atom. The zero-order valence-corrected chi connectivity index (χ0v) is 17.4. The summed E-state index contributed by atoms with van der Waals surface area (Å²) in [7, 11) is 0. The van der Waals surface area contributed by atoms with Gasteiger partial charge in [0.05, 0.1) is 0 Å². The molecule has 1 atom stereocenters. The number of amides is 1. The number of hydrogen-bond donors (Lipinski definition) is 2. The number of fused-ring (bicyclic) bond motifs is 1. The highest BCUT2D eigenvalue weighted by Crippen LogP contribution is 2.32. The number of aromatic nitrogens is 1. The predicted molar refractivity (Wildman–Crippen MR) is 119 cm³/mol. The zero-order chi connectivity index (χ0) is 20.9. The van der Waals surface area contributed by atoms with E-state index in [2.05, 4.69) is 22.4 Å². The van der Waals surface area contributed by atoms with E-state index in [9.17, 15) is 9.59 Å². The van der Waals surface area contributed by atoms with Gasteiger partial charge in [0.2, 0.25) is 0 Å². The maximum atomic E-state index is 12.4. The lowest BCUT2D eigenvalue weighted by atomic mass is 9.96. The van der Waals surface area contributed by atoms with Crippen molar-refractivity contribution < 1.29 is 14.3 Å². The minimum Gasteiger partial charge on any atom is -0.484 e. The summed E-state index contributed by atoms with van der Waals surface area (Å²) in [6.45, 7) is 1.87. The van der Waals surface area contributed by atoms with Gasteiger partial charge < -0.3 is 15.0 Å². The summed E-state index contributed by atoms with van der Waals surface area (Å²) in [6, 6.07) is 19.1. The number of hydrogen-bond acceptors (Lipinski definition) is 4. The average Bonchev–Trinajstić information content (AvgIpc) is 3.44. The lowest BCUT2D eigenvalue weighted by molar-refractivity contribution is -0.123. The molecule has 0 unspecified atom stereocenters. The number of rotatable bonds is 8. The van der Waals surface area contributed by atoms with Crippen molar-refractivity contribution in [1.29, 1.82) is 0 Å². The van der Waals surface area contributed by atoms with Crippen LogP contribution in [0.1, 0.15) is 33.6 Å². The molecular formula is C24H22N2O3S. The molecule has 1 amide bonds. The van der Waals surface area contributed by atoms with Crippen LogP contribution in [0.2, 0.25) is 0 Å². The molecule has 30 heavy (non-hydrogen) atoms. The maximum absolute atomic E-state index is 12.4. The molecule has 4 rings (SSSR count). The molecule has 0 aliphatic heterocycles. The van der Waals surface area contributed by atoms with Crippen LogP contribution in [0.15, 0.2) is 72.2 Å². The molecule has 2 aromatic carbocycles. The van der Waals surface area contributed by atoms with Crippen molar-refractivity contribution in [3.63, 3.8) is 0 Å². The lowest BCUT2D eigenvalue weighted by Gasteiger charge is -2.16. The van der Waals surface area contributed by atoms with E-state index in [1.165, 1.54) is 11.8 Å². The highest BCUT2D eigenvalue weighted by molar-refractivity contribution is 7.10. The van der Waals surface area contributed by atoms with Crippen LogP contribution in [0.25, 0.3) is 10.9 Å². The van der Waals surface area contributed by atoms with Gasteiger partial charge in [-0.1, -0.05) is 36.4 Å². The number of H-pyrrole nitrogens is 1. The second-order valence-electron chi connectivity index (χ2n) is 7.03. The Bertz CT molecular complexity index is 1160. The van der Waals surface area contributed by atoms with Crippen molar-refractivity contribution in [2.75, 3.05) is 13.2 Å². The fraction of sp³-hybridized carbons (Fsp3) is 0.167. The number of benzene rings is 2. The van der Waals surface area contributed by atoms with Gasteiger partial charge in [0.1, 0.15) is 5.75 Å². The van der Waals surface area contributed by atoms with Crippen LogP contribution in [-0.2, 0) is 4.79 Å². The molecule has 0 aliphatic carbocycles. The number of ketones is 1.